The Bertz CT molecular complexity index is 966. The third-order valence-corrected chi connectivity index (χ3v) is 6.97. The van der Waals surface area contributed by atoms with Crippen LogP contribution in [0.4, 0.5) is 5.69 Å². The van der Waals surface area contributed by atoms with Crippen molar-refractivity contribution in [1.29, 1.82) is 0 Å². The van der Waals surface area contributed by atoms with Gasteiger partial charge in [0, 0.05) is 47.4 Å². The molecule has 2 fully saturated rings. The zero-order valence-corrected chi connectivity index (χ0v) is 18.1. The molecule has 30 heavy (non-hydrogen) atoms. The van der Waals surface area contributed by atoms with Crippen molar-refractivity contribution in [3.8, 4) is 5.75 Å². The standard InChI is InChI=1S/C23H24Cl2N2O3/c24-14-10-19-18(20(25)11-14)12-21(26-9-7-16(28)13-26)23(19)30-17-5-3-15(4-6-17)27-8-1-2-22(27)29/h3-6,10-11,16,21,23,28H,1-2,7-9,12-13H2/t16-,21-,23+/m1/s1. The van der Waals surface area contributed by atoms with Gasteiger partial charge in [-0.1, -0.05) is 23.2 Å². The Hall–Kier alpha value is -1.79. The fourth-order valence-electron chi connectivity index (χ4n) is 4.92. The van der Waals surface area contributed by atoms with Crippen LogP contribution >= 0.6 is 23.2 Å². The molecule has 2 aromatic carbocycles. The largest absolute Gasteiger partial charge is 0.484 e. The lowest BCUT2D eigenvalue weighted by Crippen LogP contribution is -2.39. The normalized spacial score (nSPS) is 26.4. The van der Waals surface area contributed by atoms with Crippen LogP contribution in [0.5, 0.6) is 5.75 Å². The summed E-state index contributed by atoms with van der Waals surface area (Å²) in [5.74, 6) is 0.911. The third-order valence-electron chi connectivity index (χ3n) is 6.41. The minimum Gasteiger partial charge on any atom is -0.484 e. The van der Waals surface area contributed by atoms with E-state index in [1.165, 1.54) is 0 Å². The fourth-order valence-corrected chi connectivity index (χ4v) is 5.51. The van der Waals surface area contributed by atoms with Crippen LogP contribution in [0.3, 0.4) is 0 Å². The molecule has 2 aliphatic heterocycles. The Morgan fingerprint density at radius 3 is 2.57 bits per heavy atom. The number of benzene rings is 2. The lowest BCUT2D eigenvalue weighted by atomic mass is 10.1. The maximum absolute atomic E-state index is 12.0. The molecule has 5 nitrogen and oxygen atoms in total. The van der Waals surface area contributed by atoms with Gasteiger partial charge >= 0.3 is 0 Å². The average Bonchev–Trinajstić information content (AvgIpc) is 3.42. The van der Waals surface area contributed by atoms with E-state index < -0.39 is 0 Å². The summed E-state index contributed by atoms with van der Waals surface area (Å²) in [6.07, 6.45) is 2.53. The molecule has 1 N–H and O–H groups in total. The van der Waals surface area contributed by atoms with E-state index in [0.29, 0.717) is 23.0 Å². The quantitative estimate of drug-likeness (QED) is 0.763. The molecule has 2 heterocycles. The highest BCUT2D eigenvalue weighted by Crippen LogP contribution is 2.43. The zero-order chi connectivity index (χ0) is 20.8. The molecule has 0 radical (unpaired) electrons. The Morgan fingerprint density at radius 1 is 1.10 bits per heavy atom. The van der Waals surface area contributed by atoms with Gasteiger partial charge in [0.15, 0.2) is 0 Å². The number of fused-ring (bicyclic) bond motifs is 1. The van der Waals surface area contributed by atoms with E-state index >= 15 is 0 Å². The lowest BCUT2D eigenvalue weighted by Gasteiger charge is -2.30. The lowest BCUT2D eigenvalue weighted by molar-refractivity contribution is -0.117. The molecule has 158 valence electrons. The maximum Gasteiger partial charge on any atom is 0.227 e. The SMILES string of the molecule is O=C1CCCN1c1ccc(O[C@H]2c3cc(Cl)cc(Cl)c3C[C@H]2N2CC[C@@H](O)C2)cc1. The van der Waals surface area contributed by atoms with Gasteiger partial charge < -0.3 is 14.7 Å². The summed E-state index contributed by atoms with van der Waals surface area (Å²) in [6, 6.07) is 11.5. The molecule has 1 aliphatic carbocycles. The van der Waals surface area contributed by atoms with E-state index in [4.69, 9.17) is 27.9 Å². The van der Waals surface area contributed by atoms with E-state index in [-0.39, 0.29) is 24.2 Å². The van der Waals surface area contributed by atoms with Gasteiger partial charge in [0.1, 0.15) is 11.9 Å². The second-order valence-corrected chi connectivity index (χ2v) is 9.19. The number of rotatable bonds is 4. The van der Waals surface area contributed by atoms with Crippen molar-refractivity contribution in [3.05, 3.63) is 57.6 Å². The van der Waals surface area contributed by atoms with Crippen LogP contribution in [0.25, 0.3) is 0 Å². The molecular formula is C23H24Cl2N2O3. The van der Waals surface area contributed by atoms with Crippen molar-refractivity contribution in [3.63, 3.8) is 0 Å². The second-order valence-electron chi connectivity index (χ2n) is 8.35. The summed E-state index contributed by atoms with van der Waals surface area (Å²) in [5.41, 5.74) is 2.98. The summed E-state index contributed by atoms with van der Waals surface area (Å²) in [5, 5.41) is 11.3. The van der Waals surface area contributed by atoms with Crippen LogP contribution in [0.1, 0.15) is 36.5 Å². The van der Waals surface area contributed by atoms with Gasteiger partial charge in [-0.05, 0) is 61.2 Å². The number of aliphatic hydroxyl groups excluding tert-OH is 1. The molecule has 3 aliphatic rings. The molecule has 0 aromatic heterocycles. The number of likely N-dealkylation sites (tertiary alicyclic amines) is 1. The first-order chi connectivity index (χ1) is 14.5. The van der Waals surface area contributed by atoms with E-state index in [9.17, 15) is 9.90 Å². The first-order valence-electron chi connectivity index (χ1n) is 10.5. The van der Waals surface area contributed by atoms with Gasteiger partial charge in [0.2, 0.25) is 5.91 Å². The van der Waals surface area contributed by atoms with Crippen molar-refractivity contribution in [2.24, 2.45) is 0 Å². The highest BCUT2D eigenvalue weighted by atomic mass is 35.5. The number of carbonyl (C=O) groups excluding carboxylic acids is 1. The van der Waals surface area contributed by atoms with E-state index in [2.05, 4.69) is 4.90 Å². The first-order valence-corrected chi connectivity index (χ1v) is 11.2. The number of ether oxygens (including phenoxy) is 1. The number of halogens is 2. The van der Waals surface area contributed by atoms with Gasteiger partial charge in [0.25, 0.3) is 0 Å². The summed E-state index contributed by atoms with van der Waals surface area (Å²) >= 11 is 12.8. The van der Waals surface area contributed by atoms with E-state index in [1.807, 2.05) is 35.2 Å². The number of aliphatic hydroxyl groups is 1. The predicted octanol–water partition coefficient (Wildman–Crippen LogP) is 4.23. The highest BCUT2D eigenvalue weighted by Gasteiger charge is 2.41. The van der Waals surface area contributed by atoms with E-state index in [0.717, 1.165) is 54.9 Å². The molecular weight excluding hydrogens is 423 g/mol. The highest BCUT2D eigenvalue weighted by molar-refractivity contribution is 6.35. The molecule has 2 saturated heterocycles. The molecule has 0 bridgehead atoms. The Balaban J connectivity index is 1.42. The molecule has 7 heteroatoms. The number of carbonyl (C=O) groups is 1. The Kier molecular flexibility index (Phi) is 5.40. The fraction of sp³-hybridized carbons (Fsp3) is 0.435. The summed E-state index contributed by atoms with van der Waals surface area (Å²) in [6.45, 7) is 2.24. The van der Waals surface area contributed by atoms with Gasteiger partial charge in [-0.3, -0.25) is 9.69 Å². The minimum atomic E-state index is -0.300. The summed E-state index contributed by atoms with van der Waals surface area (Å²) < 4.78 is 6.47. The molecule has 0 saturated carbocycles. The van der Waals surface area contributed by atoms with Crippen molar-refractivity contribution < 1.29 is 14.6 Å². The molecule has 1 amide bonds. The second kappa shape index (κ2) is 8.04. The monoisotopic (exact) mass is 446 g/mol. The number of hydrogen-bond acceptors (Lipinski definition) is 4. The average molecular weight is 447 g/mol. The van der Waals surface area contributed by atoms with Crippen LogP contribution in [-0.4, -0.2) is 47.7 Å². The van der Waals surface area contributed by atoms with Gasteiger partial charge in [-0.2, -0.15) is 0 Å². The first kappa shape index (κ1) is 20.1. The van der Waals surface area contributed by atoms with Crippen LogP contribution < -0.4 is 9.64 Å². The predicted molar refractivity (Wildman–Crippen MR) is 118 cm³/mol. The zero-order valence-electron chi connectivity index (χ0n) is 16.6. The third kappa shape index (κ3) is 3.69. The number of hydrogen-bond donors (Lipinski definition) is 1. The van der Waals surface area contributed by atoms with Crippen LogP contribution in [0.15, 0.2) is 36.4 Å². The molecule has 0 spiro atoms. The number of anilines is 1. The van der Waals surface area contributed by atoms with Gasteiger partial charge in [0.05, 0.1) is 12.1 Å². The number of β-amino-alcohol motifs (C(OH)–C–C–N with tert-alkyl or cyclic N) is 1. The van der Waals surface area contributed by atoms with Gasteiger partial charge in [-0.25, -0.2) is 0 Å². The van der Waals surface area contributed by atoms with Crippen molar-refractivity contribution in [2.75, 3.05) is 24.5 Å². The maximum atomic E-state index is 12.0. The van der Waals surface area contributed by atoms with E-state index in [1.54, 1.807) is 6.07 Å². The molecule has 3 atom stereocenters. The van der Waals surface area contributed by atoms with Crippen LogP contribution in [0, 0.1) is 0 Å². The topological polar surface area (TPSA) is 53.0 Å². The summed E-state index contributed by atoms with van der Waals surface area (Å²) in [7, 11) is 0. The molecule has 2 aromatic rings. The van der Waals surface area contributed by atoms with Crippen molar-refractivity contribution in [2.45, 2.75) is 43.9 Å². The van der Waals surface area contributed by atoms with Crippen molar-refractivity contribution >= 4 is 34.8 Å². The number of amides is 1. The molecule has 5 rings (SSSR count). The Morgan fingerprint density at radius 2 is 1.90 bits per heavy atom. The van der Waals surface area contributed by atoms with Crippen LogP contribution in [-0.2, 0) is 11.2 Å². The summed E-state index contributed by atoms with van der Waals surface area (Å²) in [4.78, 5) is 16.1. The smallest absolute Gasteiger partial charge is 0.227 e. The molecule has 0 unspecified atom stereocenters. The minimum absolute atomic E-state index is 0.0907. The number of nitrogens with zero attached hydrogens (tertiary/aromatic N) is 2. The van der Waals surface area contributed by atoms with Gasteiger partial charge in [-0.15, -0.1) is 0 Å². The van der Waals surface area contributed by atoms with Crippen molar-refractivity contribution in [1.82, 2.24) is 4.90 Å². The Labute approximate surface area is 186 Å². The van der Waals surface area contributed by atoms with Crippen LogP contribution in [0.2, 0.25) is 10.0 Å².